The monoisotopic (exact) mass is 310 g/mol. The molecule has 0 aliphatic carbocycles. The number of aromatic nitrogens is 2. The van der Waals surface area contributed by atoms with Gasteiger partial charge in [-0.3, -0.25) is 0 Å². The highest BCUT2D eigenvalue weighted by atomic mass is 16.5. The van der Waals surface area contributed by atoms with E-state index in [1.807, 2.05) is 48.5 Å². The molecule has 1 aromatic heterocycles. The SMILES string of the molecule is Cc1ccc(OCCCn2c(C(C)O)nc3ccccc32)cc1. The number of imidazole rings is 1. The smallest absolute Gasteiger partial charge is 0.138 e. The minimum absolute atomic E-state index is 0.583. The minimum atomic E-state index is -0.583. The maximum Gasteiger partial charge on any atom is 0.138 e. The molecule has 0 saturated heterocycles. The van der Waals surface area contributed by atoms with Crippen molar-refractivity contribution in [2.45, 2.75) is 32.9 Å². The minimum Gasteiger partial charge on any atom is -0.494 e. The van der Waals surface area contributed by atoms with Gasteiger partial charge in [-0.1, -0.05) is 29.8 Å². The summed E-state index contributed by atoms with van der Waals surface area (Å²) in [4.78, 5) is 4.53. The van der Waals surface area contributed by atoms with Crippen LogP contribution >= 0.6 is 0 Å². The summed E-state index contributed by atoms with van der Waals surface area (Å²) >= 11 is 0. The zero-order valence-corrected chi connectivity index (χ0v) is 13.6. The summed E-state index contributed by atoms with van der Waals surface area (Å²) in [6, 6.07) is 16.0. The van der Waals surface area contributed by atoms with Crippen molar-refractivity contribution >= 4 is 11.0 Å². The molecule has 0 amide bonds. The van der Waals surface area contributed by atoms with Crippen LogP contribution in [0.15, 0.2) is 48.5 Å². The summed E-state index contributed by atoms with van der Waals surface area (Å²) in [5.74, 6) is 1.60. The topological polar surface area (TPSA) is 47.3 Å². The zero-order valence-electron chi connectivity index (χ0n) is 13.6. The number of hydrogen-bond acceptors (Lipinski definition) is 3. The summed E-state index contributed by atoms with van der Waals surface area (Å²) in [6.07, 6.45) is 0.272. The molecule has 3 aromatic rings. The first-order valence-electron chi connectivity index (χ1n) is 7.98. The Hall–Kier alpha value is -2.33. The number of rotatable bonds is 6. The Balaban J connectivity index is 1.66. The number of aliphatic hydroxyl groups is 1. The van der Waals surface area contributed by atoms with Crippen LogP contribution in [-0.4, -0.2) is 21.3 Å². The molecule has 4 nitrogen and oxygen atoms in total. The van der Waals surface area contributed by atoms with Gasteiger partial charge in [0.15, 0.2) is 0 Å². The highest BCUT2D eigenvalue weighted by Crippen LogP contribution is 2.21. The van der Waals surface area contributed by atoms with Crippen LogP contribution in [0.2, 0.25) is 0 Å². The number of nitrogens with zero attached hydrogens (tertiary/aromatic N) is 2. The molecule has 0 spiro atoms. The highest BCUT2D eigenvalue weighted by Gasteiger charge is 2.14. The Labute approximate surface area is 136 Å². The average molecular weight is 310 g/mol. The van der Waals surface area contributed by atoms with Gasteiger partial charge in [0.2, 0.25) is 0 Å². The van der Waals surface area contributed by atoms with Crippen molar-refractivity contribution in [2.75, 3.05) is 6.61 Å². The van der Waals surface area contributed by atoms with E-state index in [4.69, 9.17) is 4.74 Å². The van der Waals surface area contributed by atoms with Gasteiger partial charge in [-0.25, -0.2) is 4.98 Å². The molecule has 0 aliphatic rings. The standard InChI is InChI=1S/C19H22N2O2/c1-14-8-10-16(11-9-14)23-13-5-12-21-18-7-4-3-6-17(18)20-19(21)15(2)22/h3-4,6-11,15,22H,5,12-13H2,1-2H3. The second-order valence-corrected chi connectivity index (χ2v) is 5.80. The van der Waals surface area contributed by atoms with Crippen LogP contribution in [-0.2, 0) is 6.54 Å². The summed E-state index contributed by atoms with van der Waals surface area (Å²) < 4.78 is 7.86. The fraction of sp³-hybridized carbons (Fsp3) is 0.316. The molecule has 0 fully saturated rings. The highest BCUT2D eigenvalue weighted by molar-refractivity contribution is 5.75. The largest absolute Gasteiger partial charge is 0.494 e. The molecule has 0 saturated carbocycles. The van der Waals surface area contributed by atoms with Crippen molar-refractivity contribution in [1.82, 2.24) is 9.55 Å². The second kappa shape index (κ2) is 6.84. The lowest BCUT2D eigenvalue weighted by Gasteiger charge is -2.11. The quantitative estimate of drug-likeness (QED) is 0.703. The lowest BCUT2D eigenvalue weighted by molar-refractivity contribution is 0.183. The maximum absolute atomic E-state index is 9.95. The number of benzene rings is 2. The predicted molar refractivity (Wildman–Crippen MR) is 91.7 cm³/mol. The van der Waals surface area contributed by atoms with E-state index in [2.05, 4.69) is 16.5 Å². The van der Waals surface area contributed by atoms with Crippen LogP contribution in [0, 0.1) is 6.92 Å². The Morgan fingerprint density at radius 3 is 2.61 bits per heavy atom. The van der Waals surface area contributed by atoms with E-state index in [0.29, 0.717) is 12.4 Å². The van der Waals surface area contributed by atoms with Crippen molar-refractivity contribution in [2.24, 2.45) is 0 Å². The van der Waals surface area contributed by atoms with Gasteiger partial charge in [0.25, 0.3) is 0 Å². The number of hydrogen-bond donors (Lipinski definition) is 1. The molecule has 1 N–H and O–H groups in total. The number of para-hydroxylation sites is 2. The lowest BCUT2D eigenvalue weighted by Crippen LogP contribution is -2.09. The van der Waals surface area contributed by atoms with Gasteiger partial charge < -0.3 is 14.4 Å². The van der Waals surface area contributed by atoms with Gasteiger partial charge in [0, 0.05) is 6.54 Å². The van der Waals surface area contributed by atoms with Crippen LogP contribution in [0.5, 0.6) is 5.75 Å². The first-order valence-corrected chi connectivity index (χ1v) is 7.98. The summed E-state index contributed by atoms with van der Waals surface area (Å²) in [6.45, 7) is 5.22. The maximum atomic E-state index is 9.95. The van der Waals surface area contributed by atoms with Crippen LogP contribution in [0.1, 0.15) is 30.8 Å². The molecule has 1 heterocycles. The summed E-state index contributed by atoms with van der Waals surface area (Å²) in [5.41, 5.74) is 3.20. The number of aryl methyl sites for hydroxylation is 2. The molecular weight excluding hydrogens is 288 g/mol. The molecule has 23 heavy (non-hydrogen) atoms. The van der Waals surface area contributed by atoms with Crippen molar-refractivity contribution in [3.8, 4) is 5.75 Å². The summed E-state index contributed by atoms with van der Waals surface area (Å²) in [7, 11) is 0. The van der Waals surface area contributed by atoms with Gasteiger partial charge in [0.05, 0.1) is 17.6 Å². The number of fused-ring (bicyclic) bond motifs is 1. The Morgan fingerprint density at radius 1 is 1.13 bits per heavy atom. The van der Waals surface area contributed by atoms with Gasteiger partial charge >= 0.3 is 0 Å². The first-order chi connectivity index (χ1) is 11.1. The third-order valence-electron chi connectivity index (χ3n) is 3.87. The fourth-order valence-corrected chi connectivity index (χ4v) is 2.70. The predicted octanol–water partition coefficient (Wildman–Crippen LogP) is 3.87. The van der Waals surface area contributed by atoms with E-state index in [-0.39, 0.29) is 0 Å². The molecule has 2 aromatic carbocycles. The second-order valence-electron chi connectivity index (χ2n) is 5.80. The Kier molecular flexibility index (Phi) is 4.63. The average Bonchev–Trinajstić information content (AvgIpc) is 2.92. The molecule has 0 aliphatic heterocycles. The number of ether oxygens (including phenoxy) is 1. The number of aliphatic hydroxyl groups excluding tert-OH is 1. The molecule has 1 unspecified atom stereocenters. The van der Waals surface area contributed by atoms with Crippen LogP contribution in [0.25, 0.3) is 11.0 Å². The van der Waals surface area contributed by atoms with Gasteiger partial charge in [-0.15, -0.1) is 0 Å². The summed E-state index contributed by atoms with van der Waals surface area (Å²) in [5, 5.41) is 9.95. The third kappa shape index (κ3) is 3.54. The van der Waals surface area contributed by atoms with Gasteiger partial charge in [0.1, 0.15) is 17.7 Å². The van der Waals surface area contributed by atoms with Crippen molar-refractivity contribution in [3.05, 3.63) is 59.9 Å². The zero-order chi connectivity index (χ0) is 16.2. The first kappa shape index (κ1) is 15.6. The van der Waals surface area contributed by atoms with E-state index in [1.54, 1.807) is 6.92 Å². The van der Waals surface area contributed by atoms with Gasteiger partial charge in [-0.2, -0.15) is 0 Å². The van der Waals surface area contributed by atoms with Crippen LogP contribution in [0.4, 0.5) is 0 Å². The molecule has 120 valence electrons. The van der Waals surface area contributed by atoms with E-state index >= 15 is 0 Å². The molecule has 3 rings (SSSR count). The van der Waals surface area contributed by atoms with E-state index < -0.39 is 6.10 Å². The van der Waals surface area contributed by atoms with E-state index in [1.165, 1.54) is 5.56 Å². The molecular formula is C19H22N2O2. The van der Waals surface area contributed by atoms with Crippen LogP contribution < -0.4 is 4.74 Å². The molecule has 0 radical (unpaired) electrons. The van der Waals surface area contributed by atoms with E-state index in [0.717, 1.165) is 29.7 Å². The molecule has 4 heteroatoms. The van der Waals surface area contributed by atoms with Crippen molar-refractivity contribution in [3.63, 3.8) is 0 Å². The van der Waals surface area contributed by atoms with Crippen molar-refractivity contribution in [1.29, 1.82) is 0 Å². The Bertz CT molecular complexity index is 776. The Morgan fingerprint density at radius 2 is 1.87 bits per heavy atom. The third-order valence-corrected chi connectivity index (χ3v) is 3.87. The molecule has 0 bridgehead atoms. The van der Waals surface area contributed by atoms with E-state index in [9.17, 15) is 5.11 Å². The normalized spacial score (nSPS) is 12.5. The van der Waals surface area contributed by atoms with Crippen LogP contribution in [0.3, 0.4) is 0 Å². The van der Waals surface area contributed by atoms with Gasteiger partial charge in [-0.05, 0) is 44.5 Å². The van der Waals surface area contributed by atoms with Crippen molar-refractivity contribution < 1.29 is 9.84 Å². The lowest BCUT2D eigenvalue weighted by atomic mass is 10.2. The fourth-order valence-electron chi connectivity index (χ4n) is 2.70. The molecule has 1 atom stereocenters.